The highest BCUT2D eigenvalue weighted by atomic mass is 79.9. The summed E-state index contributed by atoms with van der Waals surface area (Å²) in [4.78, 5) is 12.1. The highest BCUT2D eigenvalue weighted by Crippen LogP contribution is 2.23. The molecule has 0 saturated heterocycles. The van der Waals surface area contributed by atoms with Gasteiger partial charge in [-0.25, -0.2) is 4.79 Å². The van der Waals surface area contributed by atoms with Crippen LogP contribution in [0.2, 0.25) is 0 Å². The molecule has 0 unspecified atom stereocenters. The standard InChI is InChI=1S/C9H11BrO3S/c1-6(5-12-2)13-9(11)8-7(10)3-4-14-8/h3-4,6H,5H2,1-2H3/t6-/m0/s1. The SMILES string of the molecule is COC[C@H](C)OC(=O)c1sccc1Br. The fraction of sp³-hybridized carbons (Fsp3) is 0.444. The van der Waals surface area contributed by atoms with Crippen molar-refractivity contribution in [3.8, 4) is 0 Å². The van der Waals surface area contributed by atoms with Gasteiger partial charge in [-0.2, -0.15) is 0 Å². The minimum absolute atomic E-state index is 0.221. The van der Waals surface area contributed by atoms with Gasteiger partial charge in [-0.3, -0.25) is 0 Å². The molecule has 0 bridgehead atoms. The Kier molecular flexibility index (Phi) is 4.57. The van der Waals surface area contributed by atoms with Crippen molar-refractivity contribution in [2.45, 2.75) is 13.0 Å². The largest absolute Gasteiger partial charge is 0.456 e. The van der Waals surface area contributed by atoms with Gasteiger partial charge in [-0.15, -0.1) is 11.3 Å². The van der Waals surface area contributed by atoms with Crippen LogP contribution in [0.1, 0.15) is 16.6 Å². The van der Waals surface area contributed by atoms with E-state index in [1.807, 2.05) is 11.4 Å². The van der Waals surface area contributed by atoms with Gasteiger partial charge in [0.15, 0.2) is 0 Å². The third-order valence-electron chi connectivity index (χ3n) is 1.51. The number of methoxy groups -OCH3 is 1. The lowest BCUT2D eigenvalue weighted by Gasteiger charge is -2.11. The van der Waals surface area contributed by atoms with Gasteiger partial charge < -0.3 is 9.47 Å². The molecule has 0 radical (unpaired) electrons. The summed E-state index contributed by atoms with van der Waals surface area (Å²) in [6, 6.07) is 1.82. The summed E-state index contributed by atoms with van der Waals surface area (Å²) < 4.78 is 10.8. The number of halogens is 1. The van der Waals surface area contributed by atoms with Crippen LogP contribution in [0.4, 0.5) is 0 Å². The van der Waals surface area contributed by atoms with Gasteiger partial charge in [0.2, 0.25) is 0 Å². The van der Waals surface area contributed by atoms with Crippen LogP contribution in [-0.2, 0) is 9.47 Å². The van der Waals surface area contributed by atoms with Crippen LogP contribution in [0.3, 0.4) is 0 Å². The van der Waals surface area contributed by atoms with Crippen molar-refractivity contribution < 1.29 is 14.3 Å². The predicted octanol–water partition coefficient (Wildman–Crippen LogP) is 2.70. The lowest BCUT2D eigenvalue weighted by molar-refractivity contribution is 0.0124. The fourth-order valence-corrected chi connectivity index (χ4v) is 2.36. The molecule has 78 valence electrons. The molecular weight excluding hydrogens is 268 g/mol. The molecule has 0 N–H and O–H groups in total. The van der Waals surface area contributed by atoms with Crippen LogP contribution in [0, 0.1) is 0 Å². The zero-order valence-corrected chi connectivity index (χ0v) is 10.4. The van der Waals surface area contributed by atoms with Gasteiger partial charge in [0.1, 0.15) is 11.0 Å². The molecule has 1 heterocycles. The Morgan fingerprint density at radius 1 is 1.71 bits per heavy atom. The number of hydrogen-bond acceptors (Lipinski definition) is 4. The molecule has 1 aromatic rings. The second-order valence-electron chi connectivity index (χ2n) is 2.77. The number of esters is 1. The van der Waals surface area contributed by atoms with E-state index in [1.165, 1.54) is 11.3 Å². The molecule has 0 aromatic carbocycles. The molecule has 1 atom stereocenters. The number of thiophene rings is 1. The Bertz CT molecular complexity index is 311. The maximum Gasteiger partial charge on any atom is 0.349 e. The van der Waals surface area contributed by atoms with Crippen molar-refractivity contribution in [3.63, 3.8) is 0 Å². The van der Waals surface area contributed by atoms with E-state index in [2.05, 4.69) is 15.9 Å². The highest BCUT2D eigenvalue weighted by Gasteiger charge is 2.15. The van der Waals surface area contributed by atoms with Gasteiger partial charge in [0.05, 0.1) is 6.61 Å². The van der Waals surface area contributed by atoms with Crippen LogP contribution in [0.15, 0.2) is 15.9 Å². The normalized spacial score (nSPS) is 12.5. The second-order valence-corrected chi connectivity index (χ2v) is 4.54. The van der Waals surface area contributed by atoms with Crippen molar-refractivity contribution in [1.82, 2.24) is 0 Å². The van der Waals surface area contributed by atoms with Gasteiger partial charge >= 0.3 is 5.97 Å². The first-order valence-corrected chi connectivity index (χ1v) is 5.75. The first kappa shape index (κ1) is 11.7. The molecule has 0 aliphatic heterocycles. The van der Waals surface area contributed by atoms with E-state index in [-0.39, 0.29) is 12.1 Å². The van der Waals surface area contributed by atoms with Gasteiger partial charge in [0.25, 0.3) is 0 Å². The number of rotatable bonds is 4. The second kappa shape index (κ2) is 5.48. The van der Waals surface area contributed by atoms with E-state index < -0.39 is 0 Å². The number of carbonyl (C=O) groups excluding carboxylic acids is 1. The van der Waals surface area contributed by atoms with Crippen molar-refractivity contribution in [2.75, 3.05) is 13.7 Å². The number of carbonyl (C=O) groups is 1. The minimum atomic E-state index is -0.309. The van der Waals surface area contributed by atoms with Crippen LogP contribution < -0.4 is 0 Å². The maximum absolute atomic E-state index is 11.5. The molecular formula is C9H11BrO3S. The Hall–Kier alpha value is -0.390. The number of ether oxygens (including phenoxy) is 2. The summed E-state index contributed by atoms with van der Waals surface area (Å²) in [5.74, 6) is -0.309. The van der Waals surface area contributed by atoms with Crippen molar-refractivity contribution >= 4 is 33.2 Å². The zero-order valence-electron chi connectivity index (χ0n) is 7.95. The third kappa shape index (κ3) is 3.08. The van der Waals surface area contributed by atoms with Crippen molar-refractivity contribution in [1.29, 1.82) is 0 Å². The maximum atomic E-state index is 11.5. The average Bonchev–Trinajstić information content (AvgIpc) is 2.51. The van der Waals surface area contributed by atoms with Crippen LogP contribution in [-0.4, -0.2) is 25.8 Å². The molecule has 0 saturated carbocycles. The molecule has 0 amide bonds. The number of hydrogen-bond donors (Lipinski definition) is 0. The van der Waals surface area contributed by atoms with Crippen LogP contribution in [0.5, 0.6) is 0 Å². The topological polar surface area (TPSA) is 35.5 Å². The van der Waals surface area contributed by atoms with E-state index in [0.29, 0.717) is 11.5 Å². The Morgan fingerprint density at radius 2 is 2.43 bits per heavy atom. The Balaban J connectivity index is 2.55. The summed E-state index contributed by atoms with van der Waals surface area (Å²) in [6.07, 6.45) is -0.221. The Morgan fingerprint density at radius 3 is 2.93 bits per heavy atom. The molecule has 0 fully saturated rings. The van der Waals surface area contributed by atoms with Crippen molar-refractivity contribution in [3.05, 3.63) is 20.8 Å². The highest BCUT2D eigenvalue weighted by molar-refractivity contribution is 9.10. The molecule has 1 aromatic heterocycles. The van der Waals surface area contributed by atoms with Crippen molar-refractivity contribution in [2.24, 2.45) is 0 Å². The first-order chi connectivity index (χ1) is 6.65. The monoisotopic (exact) mass is 278 g/mol. The molecule has 0 aliphatic carbocycles. The Labute approximate surface area is 95.2 Å². The third-order valence-corrected chi connectivity index (χ3v) is 3.33. The van der Waals surface area contributed by atoms with Gasteiger partial charge in [-0.05, 0) is 34.3 Å². The summed E-state index contributed by atoms with van der Waals surface area (Å²) in [7, 11) is 1.57. The summed E-state index contributed by atoms with van der Waals surface area (Å²) in [5.41, 5.74) is 0. The molecule has 5 heteroatoms. The van der Waals surface area contributed by atoms with E-state index in [0.717, 1.165) is 4.47 Å². The lowest BCUT2D eigenvalue weighted by Crippen LogP contribution is -2.19. The quantitative estimate of drug-likeness (QED) is 0.795. The van der Waals surface area contributed by atoms with Crippen LogP contribution >= 0.6 is 27.3 Å². The lowest BCUT2D eigenvalue weighted by atomic mass is 10.4. The molecule has 14 heavy (non-hydrogen) atoms. The van der Waals surface area contributed by atoms with E-state index >= 15 is 0 Å². The van der Waals surface area contributed by atoms with E-state index in [9.17, 15) is 4.79 Å². The molecule has 0 spiro atoms. The minimum Gasteiger partial charge on any atom is -0.456 e. The summed E-state index contributed by atoms with van der Waals surface area (Å²) >= 11 is 4.63. The summed E-state index contributed by atoms with van der Waals surface area (Å²) in [6.45, 7) is 2.21. The molecule has 0 aliphatic rings. The fourth-order valence-electron chi connectivity index (χ4n) is 0.944. The predicted molar refractivity (Wildman–Crippen MR) is 58.8 cm³/mol. The molecule has 1 rings (SSSR count). The van der Waals surface area contributed by atoms with Crippen LogP contribution in [0.25, 0.3) is 0 Å². The van der Waals surface area contributed by atoms with Gasteiger partial charge in [-0.1, -0.05) is 0 Å². The van der Waals surface area contributed by atoms with Gasteiger partial charge in [0, 0.05) is 11.6 Å². The summed E-state index contributed by atoms with van der Waals surface area (Å²) in [5, 5.41) is 1.83. The smallest absolute Gasteiger partial charge is 0.349 e. The zero-order chi connectivity index (χ0) is 10.6. The average molecular weight is 279 g/mol. The molecule has 3 nitrogen and oxygen atoms in total. The van der Waals surface area contributed by atoms with E-state index in [1.54, 1.807) is 14.0 Å². The van der Waals surface area contributed by atoms with E-state index in [4.69, 9.17) is 9.47 Å². The first-order valence-electron chi connectivity index (χ1n) is 4.08.